The number of nitrogens with two attached hydrogens (primary N) is 1. The SMILES string of the molecule is NC(=O)c1c(N2CCC3(CC2)CC3)ccc2ccoc12. The van der Waals surface area contributed by atoms with E-state index >= 15 is 0 Å². The highest BCUT2D eigenvalue weighted by Crippen LogP contribution is 2.54. The molecule has 4 nitrogen and oxygen atoms in total. The summed E-state index contributed by atoms with van der Waals surface area (Å²) in [5, 5.41) is 0.929. The second-order valence-corrected chi connectivity index (χ2v) is 6.15. The molecule has 2 heterocycles. The summed E-state index contributed by atoms with van der Waals surface area (Å²) in [5.74, 6) is -0.410. The van der Waals surface area contributed by atoms with E-state index in [1.807, 2.05) is 18.2 Å². The molecular formula is C16H18N2O2. The first-order valence-corrected chi connectivity index (χ1v) is 7.24. The summed E-state index contributed by atoms with van der Waals surface area (Å²) in [5.41, 5.74) is 8.28. The summed E-state index contributed by atoms with van der Waals surface area (Å²) in [4.78, 5) is 14.1. The molecule has 20 heavy (non-hydrogen) atoms. The Kier molecular flexibility index (Phi) is 2.37. The van der Waals surface area contributed by atoms with E-state index in [4.69, 9.17) is 10.2 Å². The number of benzene rings is 1. The molecule has 2 aliphatic rings. The highest BCUT2D eigenvalue weighted by molar-refractivity contribution is 6.09. The molecular weight excluding hydrogens is 252 g/mol. The maximum Gasteiger partial charge on any atom is 0.254 e. The highest BCUT2D eigenvalue weighted by atomic mass is 16.3. The third-order valence-corrected chi connectivity index (χ3v) is 4.97. The number of anilines is 1. The van der Waals surface area contributed by atoms with Crippen LogP contribution in [0.5, 0.6) is 0 Å². The first-order chi connectivity index (χ1) is 9.69. The van der Waals surface area contributed by atoms with E-state index in [0.29, 0.717) is 16.6 Å². The molecule has 1 aliphatic carbocycles. The van der Waals surface area contributed by atoms with E-state index in [0.717, 1.165) is 24.2 Å². The van der Waals surface area contributed by atoms with Crippen LogP contribution in [0.1, 0.15) is 36.0 Å². The van der Waals surface area contributed by atoms with Crippen molar-refractivity contribution < 1.29 is 9.21 Å². The van der Waals surface area contributed by atoms with Gasteiger partial charge in [0.05, 0.1) is 12.0 Å². The number of hydrogen-bond acceptors (Lipinski definition) is 3. The van der Waals surface area contributed by atoms with Gasteiger partial charge in [-0.2, -0.15) is 0 Å². The molecule has 2 fully saturated rings. The van der Waals surface area contributed by atoms with Crippen LogP contribution in [0.25, 0.3) is 11.0 Å². The zero-order chi connectivity index (χ0) is 13.7. The van der Waals surface area contributed by atoms with Crippen molar-refractivity contribution in [2.45, 2.75) is 25.7 Å². The number of nitrogens with zero attached hydrogens (tertiary/aromatic N) is 1. The minimum Gasteiger partial charge on any atom is -0.463 e. The maximum atomic E-state index is 11.9. The second kappa shape index (κ2) is 4.01. The van der Waals surface area contributed by atoms with Crippen LogP contribution in [0.3, 0.4) is 0 Å². The van der Waals surface area contributed by atoms with Gasteiger partial charge in [-0.1, -0.05) is 0 Å². The molecule has 0 unspecified atom stereocenters. The highest BCUT2D eigenvalue weighted by Gasteiger charge is 2.44. The first-order valence-electron chi connectivity index (χ1n) is 7.24. The molecule has 1 amide bonds. The quantitative estimate of drug-likeness (QED) is 0.912. The summed E-state index contributed by atoms with van der Waals surface area (Å²) in [6.45, 7) is 2.01. The number of carbonyl (C=O) groups is 1. The fourth-order valence-electron chi connectivity index (χ4n) is 3.42. The lowest BCUT2D eigenvalue weighted by Gasteiger charge is -2.34. The van der Waals surface area contributed by atoms with Gasteiger partial charge in [-0.15, -0.1) is 0 Å². The molecule has 2 N–H and O–H groups in total. The van der Waals surface area contributed by atoms with E-state index in [1.54, 1.807) is 6.26 Å². The number of amides is 1. The van der Waals surface area contributed by atoms with Crippen molar-refractivity contribution in [3.8, 4) is 0 Å². The molecule has 0 atom stereocenters. The third kappa shape index (κ3) is 1.71. The standard InChI is InChI=1S/C16H18N2O2/c17-15(19)13-12(2-1-11-3-10-20-14(11)13)18-8-6-16(4-5-16)7-9-18/h1-3,10H,4-9H2,(H2,17,19). The first kappa shape index (κ1) is 11.8. The second-order valence-electron chi connectivity index (χ2n) is 6.15. The van der Waals surface area contributed by atoms with Crippen LogP contribution >= 0.6 is 0 Å². The van der Waals surface area contributed by atoms with Crippen molar-refractivity contribution in [1.82, 2.24) is 0 Å². The largest absolute Gasteiger partial charge is 0.463 e. The van der Waals surface area contributed by atoms with Gasteiger partial charge in [-0.25, -0.2) is 0 Å². The number of primary amides is 1. The summed E-state index contributed by atoms with van der Waals surface area (Å²) in [6.07, 6.45) is 6.81. The van der Waals surface area contributed by atoms with Crippen molar-refractivity contribution in [3.63, 3.8) is 0 Å². The van der Waals surface area contributed by atoms with Gasteiger partial charge in [0.25, 0.3) is 5.91 Å². The topological polar surface area (TPSA) is 59.5 Å². The molecule has 1 aromatic heterocycles. The summed E-state index contributed by atoms with van der Waals surface area (Å²) in [7, 11) is 0. The van der Waals surface area contributed by atoms with Crippen LogP contribution in [-0.2, 0) is 0 Å². The van der Waals surface area contributed by atoms with Gasteiger partial charge < -0.3 is 15.1 Å². The fourth-order valence-corrected chi connectivity index (χ4v) is 3.42. The van der Waals surface area contributed by atoms with Gasteiger partial charge in [0, 0.05) is 18.5 Å². The van der Waals surface area contributed by atoms with Crippen molar-refractivity contribution in [3.05, 3.63) is 30.0 Å². The van der Waals surface area contributed by atoms with Gasteiger partial charge in [0.1, 0.15) is 11.1 Å². The normalized spacial score (nSPS) is 20.5. The number of carbonyl (C=O) groups excluding carboxylic acids is 1. The van der Waals surface area contributed by atoms with Gasteiger partial charge in [0.2, 0.25) is 0 Å². The zero-order valence-electron chi connectivity index (χ0n) is 11.4. The van der Waals surface area contributed by atoms with Crippen molar-refractivity contribution in [2.24, 2.45) is 11.1 Å². The molecule has 0 bridgehead atoms. The van der Waals surface area contributed by atoms with E-state index < -0.39 is 5.91 Å². The van der Waals surface area contributed by atoms with Crippen LogP contribution in [-0.4, -0.2) is 19.0 Å². The number of piperidine rings is 1. The molecule has 1 aromatic carbocycles. The van der Waals surface area contributed by atoms with Crippen LogP contribution in [0, 0.1) is 5.41 Å². The Balaban J connectivity index is 1.75. The Hall–Kier alpha value is -1.97. The molecule has 1 spiro atoms. The summed E-state index contributed by atoms with van der Waals surface area (Å²) >= 11 is 0. The van der Waals surface area contributed by atoms with Crippen molar-refractivity contribution in [2.75, 3.05) is 18.0 Å². The minimum absolute atomic E-state index is 0.410. The lowest BCUT2D eigenvalue weighted by molar-refractivity contribution is 0.100. The Morgan fingerprint density at radius 3 is 2.55 bits per heavy atom. The molecule has 1 saturated heterocycles. The molecule has 4 rings (SSSR count). The predicted octanol–water partition coefficient (Wildman–Crippen LogP) is 2.91. The maximum absolute atomic E-state index is 11.9. The Bertz CT molecular complexity index is 675. The van der Waals surface area contributed by atoms with Crippen molar-refractivity contribution in [1.29, 1.82) is 0 Å². The lowest BCUT2D eigenvalue weighted by atomic mass is 9.93. The average Bonchev–Trinajstić information content (AvgIpc) is 3.02. The minimum atomic E-state index is -0.410. The summed E-state index contributed by atoms with van der Waals surface area (Å²) in [6, 6.07) is 5.87. The van der Waals surface area contributed by atoms with E-state index in [9.17, 15) is 4.79 Å². The molecule has 104 valence electrons. The van der Waals surface area contributed by atoms with E-state index in [-0.39, 0.29) is 0 Å². The van der Waals surface area contributed by atoms with E-state index in [1.165, 1.54) is 25.7 Å². The lowest BCUT2D eigenvalue weighted by Crippen LogP contribution is -2.35. The van der Waals surface area contributed by atoms with Gasteiger partial charge in [-0.3, -0.25) is 4.79 Å². The molecule has 1 aliphatic heterocycles. The van der Waals surface area contributed by atoms with Gasteiger partial charge in [-0.05, 0) is 49.3 Å². The van der Waals surface area contributed by atoms with Crippen LogP contribution in [0.2, 0.25) is 0 Å². The summed E-state index contributed by atoms with van der Waals surface area (Å²) < 4.78 is 5.47. The molecule has 2 aromatic rings. The Labute approximate surface area is 117 Å². The van der Waals surface area contributed by atoms with E-state index in [2.05, 4.69) is 4.90 Å². The van der Waals surface area contributed by atoms with Crippen LogP contribution in [0.15, 0.2) is 28.9 Å². The number of hydrogen-bond donors (Lipinski definition) is 1. The molecule has 4 heteroatoms. The number of furan rings is 1. The number of rotatable bonds is 2. The smallest absolute Gasteiger partial charge is 0.254 e. The molecule has 0 radical (unpaired) electrons. The van der Waals surface area contributed by atoms with Crippen molar-refractivity contribution >= 4 is 22.6 Å². The predicted molar refractivity (Wildman–Crippen MR) is 77.8 cm³/mol. The van der Waals surface area contributed by atoms with Crippen LogP contribution in [0.4, 0.5) is 5.69 Å². The van der Waals surface area contributed by atoms with Gasteiger partial charge >= 0.3 is 0 Å². The average molecular weight is 270 g/mol. The Morgan fingerprint density at radius 1 is 1.15 bits per heavy atom. The zero-order valence-corrected chi connectivity index (χ0v) is 11.4. The molecule has 1 saturated carbocycles. The monoisotopic (exact) mass is 270 g/mol. The number of fused-ring (bicyclic) bond motifs is 1. The van der Waals surface area contributed by atoms with Crippen LogP contribution < -0.4 is 10.6 Å². The Morgan fingerprint density at radius 2 is 1.90 bits per heavy atom. The van der Waals surface area contributed by atoms with Gasteiger partial charge in [0.15, 0.2) is 0 Å². The third-order valence-electron chi connectivity index (χ3n) is 4.97. The fraction of sp³-hybridized carbons (Fsp3) is 0.438.